The average Bonchev–Trinajstić information content (AvgIpc) is 3.35. The van der Waals surface area contributed by atoms with Gasteiger partial charge in [-0.15, -0.1) is 23.8 Å². The summed E-state index contributed by atoms with van der Waals surface area (Å²) in [6, 6.07) is 27.6. The van der Waals surface area contributed by atoms with Crippen LogP contribution in [-0.2, 0) is 26.3 Å². The summed E-state index contributed by atoms with van der Waals surface area (Å²) in [6.07, 6.45) is -0.643. The molecule has 6 rings (SSSR count). The minimum absolute atomic E-state index is 0. The Balaban J connectivity index is 0.000000222. The van der Waals surface area contributed by atoms with Crippen molar-refractivity contribution in [1.29, 1.82) is 0 Å². The second-order valence-electron chi connectivity index (χ2n) is 11.7. The Kier molecular flexibility index (Phi) is 10.1. The summed E-state index contributed by atoms with van der Waals surface area (Å²) in [5.41, 5.74) is 5.05. The smallest absolute Gasteiger partial charge is 0.305 e. The summed E-state index contributed by atoms with van der Waals surface area (Å²) in [7, 11) is 0. The molecule has 1 radical (unpaired) electrons. The molecule has 0 bridgehead atoms. The SMILES string of the molecule is Cc1cc(-c2[c-]cccc2)nc[c]1[Ge]([CH3])([CH3])[CH3].[2H]C(C)(C)c1ccnc(-c2[c-]ccc3c2sc2ccc(C(F)(F)F)cc23)c1.[Ir]. The molecule has 0 aliphatic rings. The van der Waals surface area contributed by atoms with Gasteiger partial charge in [0.2, 0.25) is 0 Å². The number of alkyl halides is 3. The van der Waals surface area contributed by atoms with Crippen LogP contribution in [-0.4, -0.2) is 23.2 Å². The first-order valence-corrected chi connectivity index (χ1v) is 22.1. The van der Waals surface area contributed by atoms with E-state index in [2.05, 4.69) is 64.6 Å². The summed E-state index contributed by atoms with van der Waals surface area (Å²) in [5.74, 6) is 6.43. The molecule has 3 aromatic carbocycles. The van der Waals surface area contributed by atoms with Crippen LogP contribution in [0, 0.1) is 19.1 Å². The monoisotopic (exact) mass is 850 g/mol. The van der Waals surface area contributed by atoms with Gasteiger partial charge in [0.05, 0.1) is 5.56 Å². The fraction of sp³-hybridized carbons (Fsp3) is 0.222. The van der Waals surface area contributed by atoms with Gasteiger partial charge < -0.3 is 4.98 Å². The number of nitrogens with zero attached hydrogens (tertiary/aromatic N) is 2. The van der Waals surface area contributed by atoms with Crippen LogP contribution in [0.1, 0.15) is 37.8 Å². The van der Waals surface area contributed by atoms with Crippen LogP contribution < -0.4 is 4.40 Å². The second kappa shape index (κ2) is 13.7. The molecule has 229 valence electrons. The molecule has 8 heteroatoms. The molecule has 3 aromatic heterocycles. The Morgan fingerprint density at radius 1 is 0.886 bits per heavy atom. The van der Waals surface area contributed by atoms with Gasteiger partial charge in [-0.2, -0.15) is 24.5 Å². The quantitative estimate of drug-likeness (QED) is 0.130. The first-order valence-electron chi connectivity index (χ1n) is 14.5. The van der Waals surface area contributed by atoms with Gasteiger partial charge in [0.25, 0.3) is 0 Å². The Bertz CT molecular complexity index is 1940. The number of thiophene rings is 1. The molecular weight excluding hydrogens is 814 g/mol. The molecule has 3 heterocycles. The maximum Gasteiger partial charge on any atom is 0.416 e. The van der Waals surface area contributed by atoms with Gasteiger partial charge in [0.15, 0.2) is 0 Å². The number of benzene rings is 3. The number of aryl methyl sites for hydroxylation is 1. The summed E-state index contributed by atoms with van der Waals surface area (Å²) < 4.78 is 50.6. The molecule has 0 spiro atoms. The van der Waals surface area contributed by atoms with Crippen molar-refractivity contribution in [3.63, 3.8) is 0 Å². The summed E-state index contributed by atoms with van der Waals surface area (Å²) in [4.78, 5) is 9.00. The molecule has 0 fully saturated rings. The van der Waals surface area contributed by atoms with Gasteiger partial charge in [-0.1, -0.05) is 30.9 Å². The molecule has 6 aromatic rings. The van der Waals surface area contributed by atoms with Gasteiger partial charge >= 0.3 is 112 Å². The first kappa shape index (κ1) is 32.6. The van der Waals surface area contributed by atoms with Crippen LogP contribution in [0.3, 0.4) is 0 Å². The third-order valence-corrected chi connectivity index (χ3v) is 12.9. The summed E-state index contributed by atoms with van der Waals surface area (Å²) in [6.45, 7) is 5.79. The molecule has 2 nitrogen and oxygen atoms in total. The number of aromatic nitrogens is 2. The van der Waals surface area contributed by atoms with Crippen LogP contribution in [0.15, 0.2) is 85.2 Å². The van der Waals surface area contributed by atoms with Crippen LogP contribution in [0.4, 0.5) is 13.2 Å². The molecule has 44 heavy (non-hydrogen) atoms. The van der Waals surface area contributed by atoms with Gasteiger partial charge in [0, 0.05) is 32.4 Å². The van der Waals surface area contributed by atoms with E-state index in [4.69, 9.17) is 1.37 Å². The number of pyridine rings is 2. The fourth-order valence-electron chi connectivity index (χ4n) is 5.03. The average molecular weight is 849 g/mol. The van der Waals surface area contributed by atoms with Crippen molar-refractivity contribution < 1.29 is 34.6 Å². The Morgan fingerprint density at radius 3 is 2.30 bits per heavy atom. The fourth-order valence-corrected chi connectivity index (χ4v) is 9.80. The van der Waals surface area contributed by atoms with Crippen molar-refractivity contribution in [1.82, 2.24) is 9.97 Å². The standard InChI is InChI=1S/C21H15F3NS.C15H18GeN.Ir/c1-12(2)13-8-9-25-18(10-13)16-5-3-4-15-17-11-14(21(22,23)24)6-7-19(17)26-20(15)16;1-12-10-15(13-8-6-5-7-9-13)17-11-14(12)16(2,3)4;/h3-4,6-12H,1-2H3;5-8,10-11H,1-4H3;/q2*-1;/i12D;;. The third kappa shape index (κ3) is 7.51. The van der Waals surface area contributed by atoms with Crippen molar-refractivity contribution >= 4 is 49.2 Å². The molecule has 0 unspecified atom stereocenters. The Morgan fingerprint density at radius 2 is 1.66 bits per heavy atom. The van der Waals surface area contributed by atoms with E-state index in [1.807, 2.05) is 24.3 Å². The molecule has 0 atom stereocenters. The van der Waals surface area contributed by atoms with Crippen LogP contribution in [0.25, 0.3) is 42.7 Å². The number of halogens is 3. The maximum absolute atomic E-state index is 13.1. The van der Waals surface area contributed by atoms with Gasteiger partial charge in [-0.3, -0.25) is 0 Å². The Labute approximate surface area is 278 Å². The molecule has 0 saturated carbocycles. The first-order chi connectivity index (χ1) is 20.6. The topological polar surface area (TPSA) is 25.8 Å². The van der Waals surface area contributed by atoms with E-state index >= 15 is 0 Å². The number of hydrogen-bond acceptors (Lipinski definition) is 3. The molecule has 0 saturated heterocycles. The maximum atomic E-state index is 13.1. The van der Waals surface area contributed by atoms with E-state index in [0.29, 0.717) is 11.1 Å². The van der Waals surface area contributed by atoms with Crippen LogP contribution in [0.5, 0.6) is 0 Å². The zero-order valence-corrected chi connectivity index (χ0v) is 30.7. The van der Waals surface area contributed by atoms with E-state index in [1.165, 1.54) is 33.4 Å². The largest absolute Gasteiger partial charge is 0.416 e. The zero-order valence-electron chi connectivity index (χ0n) is 26.4. The van der Waals surface area contributed by atoms with E-state index < -0.39 is 30.9 Å². The molecule has 0 N–H and O–H groups in total. The van der Waals surface area contributed by atoms with E-state index in [1.54, 1.807) is 38.2 Å². The van der Waals surface area contributed by atoms with Crippen molar-refractivity contribution in [3.05, 3.63) is 114 Å². The predicted octanol–water partition coefficient (Wildman–Crippen LogP) is 10.5. The number of hydrogen-bond donors (Lipinski definition) is 0. The molecule has 0 aliphatic heterocycles. The van der Waals surface area contributed by atoms with Crippen molar-refractivity contribution in [2.24, 2.45) is 0 Å². The molecule has 0 amide bonds. The number of fused-ring (bicyclic) bond motifs is 3. The van der Waals surface area contributed by atoms with E-state index in [-0.39, 0.29) is 20.1 Å². The van der Waals surface area contributed by atoms with Crippen LogP contribution >= 0.6 is 11.3 Å². The van der Waals surface area contributed by atoms with E-state index in [9.17, 15) is 13.2 Å². The van der Waals surface area contributed by atoms with Gasteiger partial charge in [-0.05, 0) is 45.9 Å². The summed E-state index contributed by atoms with van der Waals surface area (Å²) >= 11 is -0.342. The summed E-state index contributed by atoms with van der Waals surface area (Å²) in [5, 5.41) is 1.34. The second-order valence-corrected chi connectivity index (χ2v) is 23.4. The van der Waals surface area contributed by atoms with Gasteiger partial charge in [0.1, 0.15) is 0 Å². The zero-order chi connectivity index (χ0) is 31.9. The van der Waals surface area contributed by atoms with Crippen molar-refractivity contribution in [2.45, 2.75) is 50.1 Å². The van der Waals surface area contributed by atoms with E-state index in [0.717, 1.165) is 43.2 Å². The van der Waals surface area contributed by atoms with Crippen LogP contribution in [0.2, 0.25) is 17.3 Å². The third-order valence-electron chi connectivity index (χ3n) is 7.26. The molecule has 0 aliphatic carbocycles. The predicted molar refractivity (Wildman–Crippen MR) is 177 cm³/mol. The Hall–Kier alpha value is -2.84. The number of rotatable bonds is 4. The molecular formula is C36H33F3GeIrN2S-2. The van der Waals surface area contributed by atoms with Crippen molar-refractivity contribution in [3.8, 4) is 22.5 Å². The normalized spacial score (nSPS) is 12.3. The minimum atomic E-state index is -4.37. The van der Waals surface area contributed by atoms with Gasteiger partial charge in [-0.25, -0.2) is 0 Å². The minimum Gasteiger partial charge on any atom is -0.305 e. The van der Waals surface area contributed by atoms with Crippen molar-refractivity contribution in [2.75, 3.05) is 0 Å².